The summed E-state index contributed by atoms with van der Waals surface area (Å²) in [5, 5.41) is 4.09. The van der Waals surface area contributed by atoms with Crippen LogP contribution in [0.4, 0.5) is 0 Å². The highest BCUT2D eigenvalue weighted by atomic mass is 16.5. The number of hydrogen-bond donors (Lipinski definition) is 1. The average Bonchev–Trinajstić information content (AvgIpc) is 2.97. The summed E-state index contributed by atoms with van der Waals surface area (Å²) < 4.78 is 10.8. The summed E-state index contributed by atoms with van der Waals surface area (Å²) in [6.45, 7) is 0. The molecule has 1 saturated carbocycles. The molecule has 0 saturated heterocycles. The van der Waals surface area contributed by atoms with Gasteiger partial charge in [0.2, 0.25) is 11.7 Å². The third-order valence-electron chi connectivity index (χ3n) is 3.91. The van der Waals surface area contributed by atoms with Crippen LogP contribution in [-0.4, -0.2) is 23.3 Å². The van der Waals surface area contributed by atoms with Crippen LogP contribution in [-0.2, 0) is 0 Å². The molecule has 0 radical (unpaired) electrons. The van der Waals surface area contributed by atoms with Gasteiger partial charge in [0.15, 0.2) is 0 Å². The molecule has 1 aliphatic rings. The van der Waals surface area contributed by atoms with Crippen LogP contribution in [0.5, 0.6) is 5.75 Å². The first-order valence-electron chi connectivity index (χ1n) is 7.00. The first kappa shape index (κ1) is 13.1. The first-order valence-corrected chi connectivity index (χ1v) is 7.00. The highest BCUT2D eigenvalue weighted by Crippen LogP contribution is 2.33. The Morgan fingerprint density at radius 2 is 1.95 bits per heavy atom. The molecule has 1 aromatic heterocycles. The maximum atomic E-state index is 5.93. The number of nitrogens with two attached hydrogens (primary N) is 1. The van der Waals surface area contributed by atoms with E-state index < -0.39 is 0 Å². The van der Waals surface area contributed by atoms with Gasteiger partial charge >= 0.3 is 0 Å². The van der Waals surface area contributed by atoms with E-state index in [1.807, 2.05) is 24.3 Å². The lowest BCUT2D eigenvalue weighted by Crippen LogP contribution is -2.25. The fraction of sp³-hybridized carbons (Fsp3) is 0.467. The van der Waals surface area contributed by atoms with Crippen LogP contribution in [0.1, 0.15) is 37.5 Å². The van der Waals surface area contributed by atoms with Gasteiger partial charge in [-0.05, 0) is 37.8 Å². The summed E-state index contributed by atoms with van der Waals surface area (Å²) >= 11 is 0. The Bertz CT molecular complexity index is 574. The molecule has 1 fully saturated rings. The molecule has 20 heavy (non-hydrogen) atoms. The van der Waals surface area contributed by atoms with E-state index in [0.717, 1.165) is 42.9 Å². The minimum Gasteiger partial charge on any atom is -0.496 e. The van der Waals surface area contributed by atoms with Crippen molar-refractivity contribution in [1.29, 1.82) is 0 Å². The molecule has 1 heterocycles. The summed E-state index contributed by atoms with van der Waals surface area (Å²) in [7, 11) is 1.64. The van der Waals surface area contributed by atoms with Crippen molar-refractivity contribution >= 4 is 0 Å². The van der Waals surface area contributed by atoms with E-state index in [4.69, 9.17) is 15.0 Å². The van der Waals surface area contributed by atoms with Crippen LogP contribution in [0.2, 0.25) is 0 Å². The number of ether oxygens (including phenoxy) is 1. The number of benzene rings is 1. The van der Waals surface area contributed by atoms with E-state index in [0.29, 0.717) is 17.8 Å². The van der Waals surface area contributed by atoms with Crippen molar-refractivity contribution in [3.8, 4) is 17.1 Å². The number of hydrogen-bond acceptors (Lipinski definition) is 5. The number of nitrogens with zero attached hydrogens (tertiary/aromatic N) is 2. The van der Waals surface area contributed by atoms with E-state index in [9.17, 15) is 0 Å². The second-order valence-electron chi connectivity index (χ2n) is 5.27. The monoisotopic (exact) mass is 273 g/mol. The number of methoxy groups -OCH3 is 1. The molecular formula is C15H19N3O2. The highest BCUT2D eigenvalue weighted by molar-refractivity contribution is 5.63. The Morgan fingerprint density at radius 1 is 1.20 bits per heavy atom. The topological polar surface area (TPSA) is 74.2 Å². The second kappa shape index (κ2) is 5.63. The maximum absolute atomic E-state index is 5.93. The number of para-hydroxylation sites is 1. The zero-order valence-electron chi connectivity index (χ0n) is 11.6. The molecule has 2 N–H and O–H groups in total. The van der Waals surface area contributed by atoms with Gasteiger partial charge in [0.05, 0.1) is 12.7 Å². The molecule has 106 valence electrons. The van der Waals surface area contributed by atoms with Gasteiger partial charge in [-0.1, -0.05) is 17.3 Å². The molecule has 1 aromatic carbocycles. The summed E-state index contributed by atoms with van der Waals surface area (Å²) in [5.74, 6) is 2.40. The Labute approximate surface area is 118 Å². The average molecular weight is 273 g/mol. The number of aromatic nitrogens is 2. The van der Waals surface area contributed by atoms with Crippen molar-refractivity contribution in [2.45, 2.75) is 37.6 Å². The van der Waals surface area contributed by atoms with Crippen LogP contribution < -0.4 is 10.5 Å². The summed E-state index contributed by atoms with van der Waals surface area (Å²) in [5.41, 5.74) is 6.78. The van der Waals surface area contributed by atoms with Gasteiger partial charge in [0.1, 0.15) is 5.75 Å². The Hall–Kier alpha value is -1.88. The largest absolute Gasteiger partial charge is 0.496 e. The summed E-state index contributed by atoms with van der Waals surface area (Å²) in [6, 6.07) is 8.01. The van der Waals surface area contributed by atoms with Crippen molar-refractivity contribution < 1.29 is 9.26 Å². The van der Waals surface area contributed by atoms with Crippen LogP contribution in [0, 0.1) is 0 Å². The Kier molecular flexibility index (Phi) is 3.69. The van der Waals surface area contributed by atoms with E-state index in [2.05, 4.69) is 10.1 Å². The zero-order chi connectivity index (χ0) is 13.9. The fourth-order valence-corrected chi connectivity index (χ4v) is 2.71. The van der Waals surface area contributed by atoms with Gasteiger partial charge in [-0.2, -0.15) is 4.98 Å². The molecule has 5 heteroatoms. The lowest BCUT2D eigenvalue weighted by Gasteiger charge is -2.22. The van der Waals surface area contributed by atoms with E-state index in [1.54, 1.807) is 7.11 Å². The van der Waals surface area contributed by atoms with Crippen molar-refractivity contribution in [2.75, 3.05) is 7.11 Å². The molecule has 1 aliphatic carbocycles. The normalized spacial score (nSPS) is 22.7. The molecule has 0 atom stereocenters. The second-order valence-corrected chi connectivity index (χ2v) is 5.27. The third kappa shape index (κ3) is 2.54. The molecule has 5 nitrogen and oxygen atoms in total. The molecule has 0 unspecified atom stereocenters. The van der Waals surface area contributed by atoms with Crippen LogP contribution in [0.15, 0.2) is 28.8 Å². The van der Waals surface area contributed by atoms with Gasteiger partial charge in [-0.25, -0.2) is 0 Å². The predicted octanol–water partition coefficient (Wildman–Crippen LogP) is 2.73. The van der Waals surface area contributed by atoms with Gasteiger partial charge < -0.3 is 15.0 Å². The standard InChI is InChI=1S/C15H19N3O2/c1-19-13-5-3-2-4-12(13)14-17-15(20-18-14)10-6-8-11(16)9-7-10/h2-5,10-11H,6-9,16H2,1H3. The van der Waals surface area contributed by atoms with Gasteiger partial charge in [-0.3, -0.25) is 0 Å². The molecule has 3 rings (SSSR count). The lowest BCUT2D eigenvalue weighted by atomic mass is 9.86. The molecule has 0 aliphatic heterocycles. The smallest absolute Gasteiger partial charge is 0.230 e. The molecule has 0 bridgehead atoms. The van der Waals surface area contributed by atoms with Gasteiger partial charge in [0, 0.05) is 12.0 Å². The van der Waals surface area contributed by atoms with Crippen LogP contribution in [0.25, 0.3) is 11.4 Å². The quantitative estimate of drug-likeness (QED) is 0.930. The fourth-order valence-electron chi connectivity index (χ4n) is 2.71. The van der Waals surface area contributed by atoms with Crippen molar-refractivity contribution in [1.82, 2.24) is 10.1 Å². The number of rotatable bonds is 3. The third-order valence-corrected chi connectivity index (χ3v) is 3.91. The van der Waals surface area contributed by atoms with E-state index >= 15 is 0 Å². The van der Waals surface area contributed by atoms with E-state index in [-0.39, 0.29) is 0 Å². The Balaban J connectivity index is 1.83. The first-order chi connectivity index (χ1) is 9.78. The van der Waals surface area contributed by atoms with Crippen LogP contribution >= 0.6 is 0 Å². The van der Waals surface area contributed by atoms with Crippen LogP contribution in [0.3, 0.4) is 0 Å². The van der Waals surface area contributed by atoms with Crippen molar-refractivity contribution in [3.05, 3.63) is 30.2 Å². The van der Waals surface area contributed by atoms with Gasteiger partial charge in [-0.15, -0.1) is 0 Å². The molecule has 2 aromatic rings. The zero-order valence-corrected chi connectivity index (χ0v) is 11.6. The minimum absolute atomic E-state index is 0.322. The van der Waals surface area contributed by atoms with E-state index in [1.165, 1.54) is 0 Å². The van der Waals surface area contributed by atoms with Gasteiger partial charge in [0.25, 0.3) is 0 Å². The molecule has 0 spiro atoms. The van der Waals surface area contributed by atoms with Crippen molar-refractivity contribution in [3.63, 3.8) is 0 Å². The molecular weight excluding hydrogens is 254 g/mol. The maximum Gasteiger partial charge on any atom is 0.230 e. The lowest BCUT2D eigenvalue weighted by molar-refractivity contribution is 0.301. The minimum atomic E-state index is 0.322. The summed E-state index contributed by atoms with van der Waals surface area (Å²) in [4.78, 5) is 4.54. The predicted molar refractivity (Wildman–Crippen MR) is 75.5 cm³/mol. The highest BCUT2D eigenvalue weighted by Gasteiger charge is 2.25. The molecule has 0 amide bonds. The Morgan fingerprint density at radius 3 is 2.70 bits per heavy atom. The summed E-state index contributed by atoms with van der Waals surface area (Å²) in [6.07, 6.45) is 4.09. The van der Waals surface area contributed by atoms with Crippen molar-refractivity contribution in [2.24, 2.45) is 5.73 Å². The SMILES string of the molecule is COc1ccccc1-c1noc(C2CCC(N)CC2)n1.